The van der Waals surface area contributed by atoms with Gasteiger partial charge in [-0.05, 0) is 36.3 Å². The number of hydrogen-bond acceptors (Lipinski definition) is 3. The fourth-order valence-corrected chi connectivity index (χ4v) is 4.05. The summed E-state index contributed by atoms with van der Waals surface area (Å²) in [4.78, 5) is 4.92. The molecule has 2 heterocycles. The number of nitrogens with zero attached hydrogens (tertiary/aromatic N) is 2. The highest BCUT2D eigenvalue weighted by molar-refractivity contribution is 7.99. The SMILES string of the molecule is CCCn1c(C2CCSC2)nc2cc(CN)ccc21. The molecule has 2 N–H and O–H groups in total. The molecule has 0 amide bonds. The maximum atomic E-state index is 5.73. The zero-order valence-corrected chi connectivity index (χ0v) is 12.2. The Morgan fingerprint density at radius 3 is 3.05 bits per heavy atom. The number of aromatic nitrogens is 2. The van der Waals surface area contributed by atoms with Crippen molar-refractivity contribution in [2.45, 2.75) is 38.8 Å². The van der Waals surface area contributed by atoms with E-state index in [9.17, 15) is 0 Å². The molecule has 1 unspecified atom stereocenters. The van der Waals surface area contributed by atoms with Gasteiger partial charge in [0.1, 0.15) is 5.82 Å². The number of benzene rings is 1. The first-order valence-electron chi connectivity index (χ1n) is 7.10. The Bertz CT molecular complexity index is 570. The van der Waals surface area contributed by atoms with E-state index in [-0.39, 0.29) is 0 Å². The van der Waals surface area contributed by atoms with Gasteiger partial charge >= 0.3 is 0 Å². The summed E-state index contributed by atoms with van der Waals surface area (Å²) in [7, 11) is 0. The van der Waals surface area contributed by atoms with E-state index in [1.54, 1.807) is 0 Å². The predicted molar refractivity (Wildman–Crippen MR) is 82.6 cm³/mol. The van der Waals surface area contributed by atoms with Crippen LogP contribution in [0.25, 0.3) is 11.0 Å². The molecule has 1 atom stereocenters. The van der Waals surface area contributed by atoms with Crippen LogP contribution in [0.4, 0.5) is 0 Å². The summed E-state index contributed by atoms with van der Waals surface area (Å²) in [5.74, 6) is 4.41. The van der Waals surface area contributed by atoms with E-state index in [4.69, 9.17) is 10.7 Å². The average Bonchev–Trinajstić information content (AvgIpc) is 3.06. The maximum absolute atomic E-state index is 5.73. The molecule has 2 aromatic rings. The van der Waals surface area contributed by atoms with E-state index >= 15 is 0 Å². The van der Waals surface area contributed by atoms with E-state index in [0.717, 1.165) is 18.5 Å². The van der Waals surface area contributed by atoms with Gasteiger partial charge in [-0.15, -0.1) is 0 Å². The van der Waals surface area contributed by atoms with Gasteiger partial charge < -0.3 is 10.3 Å². The Balaban J connectivity index is 2.10. The second-order valence-corrected chi connectivity index (χ2v) is 6.36. The molecule has 0 spiro atoms. The molecule has 1 aliphatic heterocycles. The molecule has 1 aromatic heterocycles. The van der Waals surface area contributed by atoms with E-state index in [1.165, 1.54) is 34.8 Å². The summed E-state index contributed by atoms with van der Waals surface area (Å²) >= 11 is 2.05. The molecule has 1 aliphatic rings. The van der Waals surface area contributed by atoms with Gasteiger partial charge in [0, 0.05) is 24.8 Å². The van der Waals surface area contributed by atoms with Crippen molar-refractivity contribution in [2.75, 3.05) is 11.5 Å². The molecule has 1 aromatic carbocycles. The van der Waals surface area contributed by atoms with Crippen molar-refractivity contribution in [1.29, 1.82) is 0 Å². The first-order chi connectivity index (χ1) is 9.33. The number of aryl methyl sites for hydroxylation is 1. The van der Waals surface area contributed by atoms with Crippen molar-refractivity contribution >= 4 is 22.8 Å². The molecule has 0 radical (unpaired) electrons. The minimum atomic E-state index is 0.588. The molecule has 4 heteroatoms. The molecule has 1 saturated heterocycles. The van der Waals surface area contributed by atoms with Gasteiger partial charge in [0.2, 0.25) is 0 Å². The van der Waals surface area contributed by atoms with Crippen LogP contribution in [0.5, 0.6) is 0 Å². The predicted octanol–water partition coefficient (Wildman–Crippen LogP) is 3.13. The van der Waals surface area contributed by atoms with Gasteiger partial charge in [-0.2, -0.15) is 11.8 Å². The van der Waals surface area contributed by atoms with Gasteiger partial charge in [-0.25, -0.2) is 4.98 Å². The van der Waals surface area contributed by atoms with E-state index in [1.807, 2.05) is 11.8 Å². The molecular formula is C15H21N3S. The topological polar surface area (TPSA) is 43.8 Å². The van der Waals surface area contributed by atoms with Gasteiger partial charge in [-0.1, -0.05) is 13.0 Å². The molecule has 0 saturated carbocycles. The Morgan fingerprint density at radius 1 is 1.47 bits per heavy atom. The van der Waals surface area contributed by atoms with Crippen LogP contribution in [-0.4, -0.2) is 21.1 Å². The van der Waals surface area contributed by atoms with Crippen LogP contribution in [0, 0.1) is 0 Å². The Labute approximate surface area is 118 Å². The Kier molecular flexibility index (Phi) is 3.80. The van der Waals surface area contributed by atoms with Crippen LogP contribution in [0.15, 0.2) is 18.2 Å². The maximum Gasteiger partial charge on any atom is 0.113 e. The van der Waals surface area contributed by atoms with Crippen LogP contribution in [-0.2, 0) is 13.1 Å². The molecule has 3 nitrogen and oxygen atoms in total. The minimum Gasteiger partial charge on any atom is -0.328 e. The van der Waals surface area contributed by atoms with Crippen LogP contribution >= 0.6 is 11.8 Å². The van der Waals surface area contributed by atoms with Crippen molar-refractivity contribution < 1.29 is 0 Å². The van der Waals surface area contributed by atoms with Gasteiger partial charge in [0.05, 0.1) is 11.0 Å². The summed E-state index contributed by atoms with van der Waals surface area (Å²) in [6.07, 6.45) is 2.42. The van der Waals surface area contributed by atoms with Crippen molar-refractivity contribution in [1.82, 2.24) is 9.55 Å². The Hall–Kier alpha value is -1.00. The second kappa shape index (κ2) is 5.55. The smallest absolute Gasteiger partial charge is 0.113 e. The van der Waals surface area contributed by atoms with Gasteiger partial charge in [0.15, 0.2) is 0 Å². The van der Waals surface area contributed by atoms with Crippen molar-refractivity contribution in [3.8, 4) is 0 Å². The Morgan fingerprint density at radius 2 is 2.37 bits per heavy atom. The lowest BCUT2D eigenvalue weighted by Gasteiger charge is -2.12. The first kappa shape index (κ1) is 13.0. The second-order valence-electron chi connectivity index (χ2n) is 5.21. The lowest BCUT2D eigenvalue weighted by Crippen LogP contribution is -2.08. The highest BCUT2D eigenvalue weighted by atomic mass is 32.2. The zero-order valence-electron chi connectivity index (χ0n) is 11.4. The summed E-state index contributed by atoms with van der Waals surface area (Å²) in [6, 6.07) is 6.46. The van der Waals surface area contributed by atoms with Gasteiger partial charge in [-0.3, -0.25) is 0 Å². The number of imidazole rings is 1. The quantitative estimate of drug-likeness (QED) is 0.932. The number of thioether (sulfide) groups is 1. The standard InChI is InChI=1S/C15H21N3S/c1-2-6-18-14-4-3-11(9-16)8-13(14)17-15(18)12-5-7-19-10-12/h3-4,8,12H,2,5-7,9-10,16H2,1H3. The highest BCUT2D eigenvalue weighted by Crippen LogP contribution is 2.33. The third-order valence-corrected chi connectivity index (χ3v) is 4.98. The highest BCUT2D eigenvalue weighted by Gasteiger charge is 2.23. The molecule has 102 valence electrons. The van der Waals surface area contributed by atoms with Crippen LogP contribution < -0.4 is 5.73 Å². The molecule has 3 rings (SSSR count). The largest absolute Gasteiger partial charge is 0.328 e. The van der Waals surface area contributed by atoms with Crippen LogP contribution in [0.1, 0.15) is 37.1 Å². The van der Waals surface area contributed by atoms with E-state index in [0.29, 0.717) is 12.5 Å². The number of nitrogens with two attached hydrogens (primary N) is 1. The fraction of sp³-hybridized carbons (Fsp3) is 0.533. The van der Waals surface area contributed by atoms with Gasteiger partial charge in [0.25, 0.3) is 0 Å². The van der Waals surface area contributed by atoms with E-state index in [2.05, 4.69) is 29.7 Å². The van der Waals surface area contributed by atoms with Crippen LogP contribution in [0.2, 0.25) is 0 Å². The minimum absolute atomic E-state index is 0.588. The normalized spacial score (nSPS) is 19.4. The lowest BCUT2D eigenvalue weighted by molar-refractivity contribution is 0.607. The lowest BCUT2D eigenvalue weighted by atomic mass is 10.1. The average molecular weight is 275 g/mol. The zero-order chi connectivity index (χ0) is 13.2. The molecular weight excluding hydrogens is 254 g/mol. The number of hydrogen-bond donors (Lipinski definition) is 1. The third kappa shape index (κ3) is 2.39. The van der Waals surface area contributed by atoms with Crippen molar-refractivity contribution in [2.24, 2.45) is 5.73 Å². The van der Waals surface area contributed by atoms with Crippen LogP contribution in [0.3, 0.4) is 0 Å². The molecule has 0 aliphatic carbocycles. The third-order valence-electron chi connectivity index (χ3n) is 3.82. The van der Waals surface area contributed by atoms with E-state index < -0.39 is 0 Å². The first-order valence-corrected chi connectivity index (χ1v) is 8.25. The number of rotatable bonds is 4. The summed E-state index contributed by atoms with van der Waals surface area (Å²) in [6.45, 7) is 3.88. The van der Waals surface area contributed by atoms with Crippen molar-refractivity contribution in [3.05, 3.63) is 29.6 Å². The molecule has 0 bridgehead atoms. The summed E-state index contributed by atoms with van der Waals surface area (Å²) in [5.41, 5.74) is 9.28. The molecule has 19 heavy (non-hydrogen) atoms. The monoisotopic (exact) mass is 275 g/mol. The summed E-state index contributed by atoms with van der Waals surface area (Å²) < 4.78 is 2.42. The van der Waals surface area contributed by atoms with Crippen molar-refractivity contribution in [3.63, 3.8) is 0 Å². The molecule has 1 fully saturated rings. The summed E-state index contributed by atoms with van der Waals surface area (Å²) in [5, 5.41) is 0. The number of fused-ring (bicyclic) bond motifs is 1. The fourth-order valence-electron chi connectivity index (χ4n) is 2.83.